The van der Waals surface area contributed by atoms with Crippen LogP contribution in [-0.4, -0.2) is 27.9 Å². The minimum absolute atomic E-state index is 0.0178. The second-order valence-electron chi connectivity index (χ2n) is 5.38. The first-order valence-corrected chi connectivity index (χ1v) is 7.89. The molecule has 0 saturated carbocycles. The zero-order valence-corrected chi connectivity index (χ0v) is 13.4. The summed E-state index contributed by atoms with van der Waals surface area (Å²) in [6, 6.07) is 6.82. The molecule has 126 valence electrons. The van der Waals surface area contributed by atoms with Gasteiger partial charge in [0.1, 0.15) is 0 Å². The van der Waals surface area contributed by atoms with Crippen molar-refractivity contribution in [3.63, 3.8) is 0 Å². The summed E-state index contributed by atoms with van der Waals surface area (Å²) in [5, 5.41) is 23.6. The topological polar surface area (TPSA) is 99.0 Å². The van der Waals surface area contributed by atoms with Crippen LogP contribution in [0.4, 0.5) is 5.69 Å². The van der Waals surface area contributed by atoms with Gasteiger partial charge in [0.2, 0.25) is 5.91 Å². The molecule has 0 spiro atoms. The van der Waals surface area contributed by atoms with Crippen LogP contribution in [0.1, 0.15) is 57.4 Å². The van der Waals surface area contributed by atoms with E-state index in [2.05, 4.69) is 17.4 Å². The number of carboxylic acids is 1. The Morgan fingerprint density at radius 1 is 1.04 bits per heavy atom. The number of amides is 1. The number of aliphatic carboxylic acids is 1. The van der Waals surface area contributed by atoms with E-state index >= 15 is 0 Å². The number of carboxylic acid groups (broad SMARTS) is 1. The van der Waals surface area contributed by atoms with E-state index in [0.717, 1.165) is 25.7 Å². The van der Waals surface area contributed by atoms with Crippen molar-refractivity contribution in [1.29, 1.82) is 0 Å². The zero-order chi connectivity index (χ0) is 17.1. The predicted molar refractivity (Wildman–Crippen MR) is 89.0 cm³/mol. The number of carbonyl (C=O) groups is 2. The summed E-state index contributed by atoms with van der Waals surface area (Å²) in [7, 11) is 0. The van der Waals surface area contributed by atoms with Crippen molar-refractivity contribution < 1.29 is 19.9 Å². The molecule has 0 radical (unpaired) electrons. The Hall–Kier alpha value is -2.37. The molecule has 1 aromatic rings. The van der Waals surface area contributed by atoms with E-state index in [9.17, 15) is 9.59 Å². The smallest absolute Gasteiger partial charge is 0.303 e. The number of hydrogen-bond donors (Lipinski definition) is 3. The van der Waals surface area contributed by atoms with Gasteiger partial charge in [-0.15, -0.1) is 0 Å². The van der Waals surface area contributed by atoms with Crippen LogP contribution in [0.25, 0.3) is 0 Å². The van der Waals surface area contributed by atoms with E-state index in [-0.39, 0.29) is 18.7 Å². The van der Waals surface area contributed by atoms with E-state index < -0.39 is 5.97 Å². The lowest BCUT2D eigenvalue weighted by molar-refractivity contribution is -0.136. The van der Waals surface area contributed by atoms with Crippen molar-refractivity contribution in [3.05, 3.63) is 29.8 Å². The second-order valence-corrected chi connectivity index (χ2v) is 5.38. The van der Waals surface area contributed by atoms with Crippen LogP contribution >= 0.6 is 0 Å². The highest BCUT2D eigenvalue weighted by molar-refractivity contribution is 6.01. The van der Waals surface area contributed by atoms with Gasteiger partial charge in [-0.1, -0.05) is 43.5 Å². The summed E-state index contributed by atoms with van der Waals surface area (Å²) < 4.78 is 0. The molecule has 0 saturated heterocycles. The van der Waals surface area contributed by atoms with Gasteiger partial charge in [0.05, 0.1) is 12.1 Å². The van der Waals surface area contributed by atoms with Crippen LogP contribution in [0.5, 0.6) is 0 Å². The highest BCUT2D eigenvalue weighted by atomic mass is 16.4. The van der Waals surface area contributed by atoms with Gasteiger partial charge in [-0.25, -0.2) is 0 Å². The van der Waals surface area contributed by atoms with Crippen LogP contribution in [-0.2, 0) is 9.59 Å². The molecule has 0 aliphatic heterocycles. The van der Waals surface area contributed by atoms with E-state index in [1.165, 1.54) is 0 Å². The fourth-order valence-corrected chi connectivity index (χ4v) is 2.16. The summed E-state index contributed by atoms with van der Waals surface area (Å²) in [6.07, 6.45) is 4.77. The van der Waals surface area contributed by atoms with Gasteiger partial charge >= 0.3 is 5.97 Å². The Kier molecular flexibility index (Phi) is 8.42. The molecule has 3 N–H and O–H groups in total. The van der Waals surface area contributed by atoms with E-state index in [4.69, 9.17) is 10.3 Å². The summed E-state index contributed by atoms with van der Waals surface area (Å²) in [5.41, 5.74) is 1.62. The number of benzene rings is 1. The van der Waals surface area contributed by atoms with Crippen LogP contribution in [0.3, 0.4) is 0 Å². The van der Waals surface area contributed by atoms with Gasteiger partial charge in [0, 0.05) is 18.5 Å². The summed E-state index contributed by atoms with van der Waals surface area (Å²) in [6.45, 7) is 2.13. The van der Waals surface area contributed by atoms with Gasteiger partial charge in [0.25, 0.3) is 0 Å². The van der Waals surface area contributed by atoms with E-state index in [1.807, 2.05) is 0 Å². The maximum atomic E-state index is 11.8. The highest BCUT2D eigenvalue weighted by Crippen LogP contribution is 2.14. The molecule has 23 heavy (non-hydrogen) atoms. The third-order valence-electron chi connectivity index (χ3n) is 3.46. The minimum atomic E-state index is -0.946. The van der Waals surface area contributed by atoms with Crippen LogP contribution < -0.4 is 5.32 Å². The number of nitrogens with one attached hydrogen (secondary N) is 1. The Morgan fingerprint density at radius 2 is 1.74 bits per heavy atom. The zero-order valence-electron chi connectivity index (χ0n) is 13.4. The normalized spacial score (nSPS) is 11.3. The third kappa shape index (κ3) is 7.44. The molecule has 0 aliphatic rings. The molecule has 0 fully saturated rings. The number of nitrogens with zero attached hydrogens (tertiary/aromatic N) is 1. The lowest BCUT2D eigenvalue weighted by Gasteiger charge is -2.07. The molecule has 0 bridgehead atoms. The van der Waals surface area contributed by atoms with Crippen molar-refractivity contribution in [2.75, 3.05) is 5.32 Å². The summed E-state index contributed by atoms with van der Waals surface area (Å²) >= 11 is 0. The first kappa shape index (κ1) is 18.7. The predicted octanol–water partition coefficient (Wildman–Crippen LogP) is 3.64. The Morgan fingerprint density at radius 3 is 2.30 bits per heavy atom. The van der Waals surface area contributed by atoms with Gasteiger partial charge in [-0.2, -0.15) is 0 Å². The molecule has 6 heteroatoms. The van der Waals surface area contributed by atoms with E-state index in [1.54, 1.807) is 24.3 Å². The average Bonchev–Trinajstić information content (AvgIpc) is 2.53. The Labute approximate surface area is 136 Å². The Bertz CT molecular complexity index is 538. The number of hydrogen-bond acceptors (Lipinski definition) is 4. The first-order chi connectivity index (χ1) is 11.1. The maximum absolute atomic E-state index is 11.8. The number of carbonyl (C=O) groups excluding carboxylic acids is 1. The second kappa shape index (κ2) is 10.4. The quantitative estimate of drug-likeness (QED) is 0.265. The van der Waals surface area contributed by atoms with Gasteiger partial charge in [0.15, 0.2) is 0 Å². The number of anilines is 1. The van der Waals surface area contributed by atoms with Crippen molar-refractivity contribution in [2.24, 2.45) is 5.16 Å². The molecule has 0 aliphatic carbocycles. The monoisotopic (exact) mass is 320 g/mol. The lowest BCUT2D eigenvalue weighted by Crippen LogP contribution is -2.11. The summed E-state index contributed by atoms with van der Waals surface area (Å²) in [4.78, 5) is 22.4. The lowest BCUT2D eigenvalue weighted by atomic mass is 10.1. The molecular weight excluding hydrogens is 296 g/mol. The molecule has 0 aromatic heterocycles. The van der Waals surface area contributed by atoms with Crippen molar-refractivity contribution in [3.8, 4) is 0 Å². The minimum Gasteiger partial charge on any atom is -0.481 e. The van der Waals surface area contributed by atoms with Crippen LogP contribution in [0, 0.1) is 0 Å². The molecule has 0 heterocycles. The van der Waals surface area contributed by atoms with Crippen LogP contribution in [0.2, 0.25) is 0 Å². The molecule has 1 rings (SSSR count). The number of unbranched alkanes of at least 4 members (excludes halogenated alkanes) is 3. The summed E-state index contributed by atoms with van der Waals surface area (Å²) in [5.74, 6) is -0.964. The molecule has 1 aromatic carbocycles. The molecule has 0 unspecified atom stereocenters. The Balaban J connectivity index is 2.52. The SMILES string of the molecule is CCCCCCC(=O)Nc1ccc(/C(CCC(=O)O)=N\O)cc1. The molecular formula is C17H24N2O4. The third-order valence-corrected chi connectivity index (χ3v) is 3.46. The van der Waals surface area contributed by atoms with Crippen molar-refractivity contribution >= 4 is 23.3 Å². The van der Waals surface area contributed by atoms with Gasteiger partial charge in [-0.05, 0) is 24.1 Å². The number of rotatable bonds is 10. The first-order valence-electron chi connectivity index (χ1n) is 7.89. The highest BCUT2D eigenvalue weighted by Gasteiger charge is 2.08. The fraction of sp³-hybridized carbons (Fsp3) is 0.471. The van der Waals surface area contributed by atoms with Crippen LogP contribution in [0.15, 0.2) is 29.4 Å². The van der Waals surface area contributed by atoms with Gasteiger partial charge < -0.3 is 15.6 Å². The largest absolute Gasteiger partial charge is 0.481 e. The number of oxime groups is 1. The van der Waals surface area contributed by atoms with Gasteiger partial charge in [-0.3, -0.25) is 9.59 Å². The molecule has 0 atom stereocenters. The maximum Gasteiger partial charge on any atom is 0.303 e. The molecule has 1 amide bonds. The average molecular weight is 320 g/mol. The van der Waals surface area contributed by atoms with Crippen molar-refractivity contribution in [1.82, 2.24) is 0 Å². The molecule has 6 nitrogen and oxygen atoms in total. The van der Waals surface area contributed by atoms with E-state index in [0.29, 0.717) is 23.4 Å². The fourth-order valence-electron chi connectivity index (χ4n) is 2.16. The standard InChI is InChI=1S/C17H24N2O4/c1-2-3-4-5-6-16(20)18-14-9-7-13(8-10-14)15(19-23)11-12-17(21)22/h7-10,23H,2-6,11-12H2,1H3,(H,18,20)(H,21,22)/b19-15-. The van der Waals surface area contributed by atoms with Crippen molar-refractivity contribution in [2.45, 2.75) is 51.9 Å².